The van der Waals surface area contributed by atoms with Crippen molar-refractivity contribution < 1.29 is 4.92 Å². The monoisotopic (exact) mass is 175 g/mol. The van der Waals surface area contributed by atoms with Crippen LogP contribution in [-0.2, 0) is 0 Å². The first-order chi connectivity index (χ1) is 5.11. The van der Waals surface area contributed by atoms with Crippen LogP contribution < -0.4 is 5.56 Å². The summed E-state index contributed by atoms with van der Waals surface area (Å²) in [7, 11) is 0. The van der Waals surface area contributed by atoms with E-state index in [1.54, 1.807) is 0 Å². The number of H-pyrrole nitrogens is 1. The standard InChI is InChI=1S/C4H2ClN3O3/c5-4-6-1-2(8(10)11)3(9)7-4/h1H,(H,6,7,9). The van der Waals surface area contributed by atoms with E-state index in [-0.39, 0.29) is 5.28 Å². The predicted octanol–water partition coefficient (Wildman–Crippen LogP) is 0.331. The second-order valence-corrected chi connectivity index (χ2v) is 2.00. The smallest absolute Gasteiger partial charge is 0.291 e. The molecule has 1 aromatic rings. The van der Waals surface area contributed by atoms with E-state index in [1.165, 1.54) is 0 Å². The molecular weight excluding hydrogens is 174 g/mol. The minimum Gasteiger partial charge on any atom is -0.291 e. The minimum absolute atomic E-state index is 0.166. The van der Waals surface area contributed by atoms with Crippen LogP contribution in [0.15, 0.2) is 11.0 Å². The molecule has 58 valence electrons. The van der Waals surface area contributed by atoms with E-state index in [9.17, 15) is 14.9 Å². The third-order valence-corrected chi connectivity index (χ3v) is 1.14. The van der Waals surface area contributed by atoms with Crippen molar-refractivity contribution >= 4 is 17.3 Å². The lowest BCUT2D eigenvalue weighted by Crippen LogP contribution is -2.11. The lowest BCUT2D eigenvalue weighted by atomic mass is 10.5. The summed E-state index contributed by atoms with van der Waals surface area (Å²) in [4.78, 5) is 25.2. The first-order valence-corrected chi connectivity index (χ1v) is 2.88. The zero-order valence-corrected chi connectivity index (χ0v) is 5.83. The van der Waals surface area contributed by atoms with Gasteiger partial charge in [-0.2, -0.15) is 0 Å². The number of hydrogen-bond acceptors (Lipinski definition) is 4. The Labute approximate surface area is 65.0 Å². The highest BCUT2D eigenvalue weighted by Gasteiger charge is 2.11. The fourth-order valence-electron chi connectivity index (χ4n) is 0.496. The molecule has 1 N–H and O–H groups in total. The SMILES string of the molecule is O=c1[nH]c(Cl)ncc1[N+](=O)[O-]. The van der Waals surface area contributed by atoms with Crippen LogP contribution in [0.5, 0.6) is 0 Å². The molecule has 0 amide bonds. The minimum atomic E-state index is -0.852. The maximum absolute atomic E-state index is 10.7. The van der Waals surface area contributed by atoms with Gasteiger partial charge in [0.25, 0.3) is 0 Å². The summed E-state index contributed by atoms with van der Waals surface area (Å²) < 4.78 is 0. The van der Waals surface area contributed by atoms with E-state index >= 15 is 0 Å². The van der Waals surface area contributed by atoms with E-state index < -0.39 is 16.2 Å². The molecule has 1 rings (SSSR count). The largest absolute Gasteiger partial charge is 0.352 e. The predicted molar refractivity (Wildman–Crippen MR) is 36.5 cm³/mol. The van der Waals surface area contributed by atoms with Gasteiger partial charge in [0.15, 0.2) is 0 Å². The average molecular weight is 176 g/mol. The van der Waals surface area contributed by atoms with Crippen molar-refractivity contribution in [2.24, 2.45) is 0 Å². The van der Waals surface area contributed by atoms with Gasteiger partial charge in [-0.25, -0.2) is 4.98 Å². The molecule has 1 aromatic heterocycles. The zero-order valence-electron chi connectivity index (χ0n) is 5.07. The summed E-state index contributed by atoms with van der Waals surface area (Å²) in [5, 5.41) is 9.87. The Balaban J connectivity index is 3.32. The number of rotatable bonds is 1. The number of nitrogens with one attached hydrogen (secondary N) is 1. The third-order valence-electron chi connectivity index (χ3n) is 0.946. The van der Waals surface area contributed by atoms with Crippen LogP contribution in [0.4, 0.5) is 5.69 Å². The highest BCUT2D eigenvalue weighted by atomic mass is 35.5. The van der Waals surface area contributed by atoms with Crippen molar-refractivity contribution in [1.29, 1.82) is 0 Å². The Bertz CT molecular complexity index is 347. The van der Waals surface area contributed by atoms with Gasteiger partial charge < -0.3 is 0 Å². The Morgan fingerprint density at radius 1 is 1.73 bits per heavy atom. The molecule has 0 fully saturated rings. The number of aromatic amines is 1. The van der Waals surface area contributed by atoms with Crippen molar-refractivity contribution in [3.8, 4) is 0 Å². The molecule has 7 heteroatoms. The quantitative estimate of drug-likeness (QED) is 0.378. The normalized spacial score (nSPS) is 9.55. The van der Waals surface area contributed by atoms with Crippen molar-refractivity contribution in [3.63, 3.8) is 0 Å². The molecule has 11 heavy (non-hydrogen) atoms. The molecule has 0 saturated carbocycles. The van der Waals surface area contributed by atoms with Gasteiger partial charge >= 0.3 is 11.2 Å². The first kappa shape index (κ1) is 7.67. The summed E-state index contributed by atoms with van der Waals surface area (Å²) in [6, 6.07) is 0. The molecule has 0 spiro atoms. The van der Waals surface area contributed by atoms with E-state index in [1.807, 2.05) is 4.98 Å². The van der Waals surface area contributed by atoms with Gasteiger partial charge in [0.1, 0.15) is 6.20 Å². The Kier molecular flexibility index (Phi) is 1.86. The fraction of sp³-hybridized carbons (Fsp3) is 0. The molecule has 0 aliphatic heterocycles. The maximum atomic E-state index is 10.7. The van der Waals surface area contributed by atoms with Crippen LogP contribution in [0.25, 0.3) is 0 Å². The van der Waals surface area contributed by atoms with Crippen LogP contribution in [0.1, 0.15) is 0 Å². The molecule has 0 radical (unpaired) electrons. The number of nitrogens with zero attached hydrogens (tertiary/aromatic N) is 2. The summed E-state index contributed by atoms with van der Waals surface area (Å²) in [6.45, 7) is 0. The van der Waals surface area contributed by atoms with Crippen molar-refractivity contribution in [2.45, 2.75) is 0 Å². The lowest BCUT2D eigenvalue weighted by molar-refractivity contribution is -0.386. The van der Waals surface area contributed by atoms with E-state index in [2.05, 4.69) is 4.98 Å². The maximum Gasteiger partial charge on any atom is 0.352 e. The Morgan fingerprint density at radius 2 is 2.36 bits per heavy atom. The second-order valence-electron chi connectivity index (χ2n) is 1.65. The lowest BCUT2D eigenvalue weighted by Gasteiger charge is -1.88. The van der Waals surface area contributed by atoms with Gasteiger partial charge in [-0.1, -0.05) is 0 Å². The highest BCUT2D eigenvalue weighted by Crippen LogP contribution is 2.01. The van der Waals surface area contributed by atoms with Crippen LogP contribution >= 0.6 is 11.6 Å². The van der Waals surface area contributed by atoms with Crippen molar-refractivity contribution in [3.05, 3.63) is 31.9 Å². The summed E-state index contributed by atoms with van der Waals surface area (Å²) in [6.07, 6.45) is 0.807. The molecule has 0 unspecified atom stereocenters. The van der Waals surface area contributed by atoms with Crippen LogP contribution in [-0.4, -0.2) is 14.9 Å². The fourth-order valence-corrected chi connectivity index (χ4v) is 0.631. The number of nitro groups is 1. The van der Waals surface area contributed by atoms with Gasteiger partial charge in [0, 0.05) is 0 Å². The van der Waals surface area contributed by atoms with Gasteiger partial charge in [-0.15, -0.1) is 0 Å². The Morgan fingerprint density at radius 3 is 2.82 bits per heavy atom. The van der Waals surface area contributed by atoms with Crippen LogP contribution in [0.3, 0.4) is 0 Å². The van der Waals surface area contributed by atoms with E-state index in [0.29, 0.717) is 0 Å². The zero-order chi connectivity index (χ0) is 8.43. The van der Waals surface area contributed by atoms with Gasteiger partial charge in [0.2, 0.25) is 5.28 Å². The first-order valence-electron chi connectivity index (χ1n) is 2.50. The molecular formula is C4H2ClN3O3. The van der Waals surface area contributed by atoms with Crippen molar-refractivity contribution in [2.75, 3.05) is 0 Å². The molecule has 0 aliphatic carbocycles. The molecule has 1 heterocycles. The van der Waals surface area contributed by atoms with Crippen molar-refractivity contribution in [1.82, 2.24) is 9.97 Å². The molecule has 0 saturated heterocycles. The van der Waals surface area contributed by atoms with Crippen LogP contribution in [0.2, 0.25) is 5.28 Å². The van der Waals surface area contributed by atoms with Crippen LogP contribution in [0, 0.1) is 10.1 Å². The molecule has 0 aromatic carbocycles. The number of hydrogen-bond donors (Lipinski definition) is 1. The van der Waals surface area contributed by atoms with Gasteiger partial charge in [0.05, 0.1) is 4.92 Å². The molecule has 0 aliphatic rings. The number of aromatic nitrogens is 2. The highest BCUT2D eigenvalue weighted by molar-refractivity contribution is 6.28. The number of halogens is 1. The Hall–Kier alpha value is -1.43. The topological polar surface area (TPSA) is 88.9 Å². The molecule has 6 nitrogen and oxygen atoms in total. The average Bonchev–Trinajstić information content (AvgIpc) is 1.85. The summed E-state index contributed by atoms with van der Waals surface area (Å²) in [5.74, 6) is 0. The van der Waals surface area contributed by atoms with Gasteiger partial charge in [-0.3, -0.25) is 19.9 Å². The van der Waals surface area contributed by atoms with Gasteiger partial charge in [-0.05, 0) is 11.6 Å². The summed E-state index contributed by atoms with van der Waals surface area (Å²) >= 11 is 5.23. The third kappa shape index (κ3) is 1.53. The second kappa shape index (κ2) is 2.67. The van der Waals surface area contributed by atoms with E-state index in [0.717, 1.165) is 6.20 Å². The summed E-state index contributed by atoms with van der Waals surface area (Å²) in [5.41, 5.74) is -1.47. The van der Waals surface area contributed by atoms with E-state index in [4.69, 9.17) is 11.6 Å². The molecule has 0 bridgehead atoms. The molecule has 0 atom stereocenters.